The number of benzene rings is 4. The van der Waals surface area contributed by atoms with Crippen molar-refractivity contribution >= 4 is 33.8 Å². The number of hydrazone groups is 1. The van der Waals surface area contributed by atoms with Gasteiger partial charge in [-0.3, -0.25) is 9.52 Å². The lowest BCUT2D eigenvalue weighted by Gasteiger charge is -2.09. The van der Waals surface area contributed by atoms with Crippen LogP contribution in [0.15, 0.2) is 107 Å². The molecule has 0 aliphatic rings. The van der Waals surface area contributed by atoms with E-state index < -0.39 is 21.9 Å². The van der Waals surface area contributed by atoms with Gasteiger partial charge in [0.15, 0.2) is 0 Å². The zero-order valence-corrected chi connectivity index (χ0v) is 24.1. The van der Waals surface area contributed by atoms with E-state index in [9.17, 15) is 18.0 Å². The van der Waals surface area contributed by atoms with Gasteiger partial charge in [0.05, 0.1) is 23.3 Å². The molecule has 0 aromatic heterocycles. The van der Waals surface area contributed by atoms with E-state index in [1.807, 2.05) is 6.92 Å². The van der Waals surface area contributed by atoms with Crippen LogP contribution in [0, 0.1) is 6.92 Å². The second-order valence-corrected chi connectivity index (χ2v) is 11.1. The molecule has 0 saturated heterocycles. The summed E-state index contributed by atoms with van der Waals surface area (Å²) in [4.78, 5) is 25.0. The van der Waals surface area contributed by atoms with Gasteiger partial charge in [0.25, 0.3) is 15.9 Å². The number of rotatable bonds is 12. The molecule has 0 unspecified atom stereocenters. The van der Waals surface area contributed by atoms with Gasteiger partial charge >= 0.3 is 5.97 Å². The maximum absolute atomic E-state index is 12.6. The SMILES string of the molecule is CCCCOc1ccc(C(=O)Oc2ccc(C=NNC(=O)c3ccc(NS(=O)(=O)c4ccc(C)cc4)cc3)cc2)cc1. The standard InChI is InChI=1S/C32H31N3O6S/c1-3-4-21-40-28-17-11-26(12-18-28)32(37)41-29-15-7-24(8-16-29)22-33-34-31(36)25-9-13-27(14-10-25)35-42(38,39)30-19-5-23(2)6-20-30/h5-20,22,35H,3-4,21H2,1-2H3,(H,34,36). The molecule has 4 aromatic carbocycles. The summed E-state index contributed by atoms with van der Waals surface area (Å²) in [7, 11) is -3.74. The van der Waals surface area contributed by atoms with Gasteiger partial charge < -0.3 is 9.47 Å². The molecule has 0 saturated carbocycles. The lowest BCUT2D eigenvalue weighted by atomic mass is 10.2. The van der Waals surface area contributed by atoms with Crippen molar-refractivity contribution in [1.82, 2.24) is 5.43 Å². The number of ether oxygens (including phenoxy) is 2. The van der Waals surface area contributed by atoms with E-state index in [-0.39, 0.29) is 4.90 Å². The van der Waals surface area contributed by atoms with Crippen molar-refractivity contribution in [3.8, 4) is 11.5 Å². The molecule has 42 heavy (non-hydrogen) atoms. The van der Waals surface area contributed by atoms with Crippen molar-refractivity contribution in [2.45, 2.75) is 31.6 Å². The highest BCUT2D eigenvalue weighted by molar-refractivity contribution is 7.92. The highest BCUT2D eigenvalue weighted by atomic mass is 32.2. The van der Waals surface area contributed by atoms with Gasteiger partial charge in [-0.05, 0) is 104 Å². The zero-order chi connectivity index (χ0) is 30.0. The number of hydrogen-bond donors (Lipinski definition) is 2. The van der Waals surface area contributed by atoms with Crippen molar-refractivity contribution in [3.63, 3.8) is 0 Å². The predicted molar refractivity (Wildman–Crippen MR) is 162 cm³/mol. The number of amides is 1. The van der Waals surface area contributed by atoms with Gasteiger partial charge in [-0.1, -0.05) is 31.0 Å². The summed E-state index contributed by atoms with van der Waals surface area (Å²) in [6, 6.07) is 25.9. The minimum atomic E-state index is -3.74. The summed E-state index contributed by atoms with van der Waals surface area (Å²) >= 11 is 0. The number of unbranched alkanes of at least 4 members (excludes halogenated alkanes) is 1. The second-order valence-electron chi connectivity index (χ2n) is 9.38. The van der Waals surface area contributed by atoms with E-state index >= 15 is 0 Å². The minimum absolute atomic E-state index is 0.147. The Morgan fingerprint density at radius 3 is 2.07 bits per heavy atom. The first kappa shape index (κ1) is 30.0. The maximum atomic E-state index is 12.6. The molecular formula is C32H31N3O6S. The molecule has 0 fully saturated rings. The average Bonchev–Trinajstić information content (AvgIpc) is 2.99. The number of nitrogens with zero attached hydrogens (tertiary/aromatic N) is 1. The predicted octanol–water partition coefficient (Wildman–Crippen LogP) is 5.96. The monoisotopic (exact) mass is 585 g/mol. The summed E-state index contributed by atoms with van der Waals surface area (Å²) in [5.74, 6) is 0.112. The van der Waals surface area contributed by atoms with E-state index in [4.69, 9.17) is 9.47 Å². The Hall–Kier alpha value is -4.96. The lowest BCUT2D eigenvalue weighted by molar-refractivity contribution is 0.0734. The molecule has 2 N–H and O–H groups in total. The number of esters is 1. The summed E-state index contributed by atoms with van der Waals surface area (Å²) in [6.07, 6.45) is 3.46. The third-order valence-corrected chi connectivity index (χ3v) is 7.45. The van der Waals surface area contributed by atoms with Gasteiger partial charge in [-0.25, -0.2) is 18.6 Å². The van der Waals surface area contributed by atoms with Crippen molar-refractivity contribution < 1.29 is 27.5 Å². The molecule has 0 aliphatic heterocycles. The van der Waals surface area contributed by atoms with Gasteiger partial charge in [0.1, 0.15) is 11.5 Å². The van der Waals surface area contributed by atoms with E-state index in [0.29, 0.717) is 40.5 Å². The Morgan fingerprint density at radius 2 is 1.43 bits per heavy atom. The maximum Gasteiger partial charge on any atom is 0.343 e. The number of carbonyl (C=O) groups excluding carboxylic acids is 2. The van der Waals surface area contributed by atoms with Crippen molar-refractivity contribution in [2.24, 2.45) is 5.10 Å². The van der Waals surface area contributed by atoms with Crippen LogP contribution in [0.1, 0.15) is 51.6 Å². The van der Waals surface area contributed by atoms with E-state index in [1.165, 1.54) is 42.6 Å². The molecule has 216 valence electrons. The third-order valence-electron chi connectivity index (χ3n) is 6.06. The Labute approximate surface area is 245 Å². The van der Waals surface area contributed by atoms with Crippen LogP contribution in [-0.4, -0.2) is 33.1 Å². The normalized spacial score (nSPS) is 11.2. The summed E-state index contributed by atoms with van der Waals surface area (Å²) < 4.78 is 38.6. The van der Waals surface area contributed by atoms with Gasteiger partial charge in [-0.2, -0.15) is 5.10 Å². The number of aryl methyl sites for hydroxylation is 1. The van der Waals surface area contributed by atoms with Crippen LogP contribution >= 0.6 is 0 Å². The first-order valence-electron chi connectivity index (χ1n) is 13.3. The smallest absolute Gasteiger partial charge is 0.343 e. The zero-order valence-electron chi connectivity index (χ0n) is 23.2. The highest BCUT2D eigenvalue weighted by Gasteiger charge is 2.14. The first-order valence-corrected chi connectivity index (χ1v) is 14.8. The van der Waals surface area contributed by atoms with Crippen LogP contribution in [0.5, 0.6) is 11.5 Å². The average molecular weight is 586 g/mol. The highest BCUT2D eigenvalue weighted by Crippen LogP contribution is 2.18. The van der Waals surface area contributed by atoms with Crippen LogP contribution in [0.25, 0.3) is 0 Å². The van der Waals surface area contributed by atoms with Gasteiger partial charge in [0.2, 0.25) is 0 Å². The molecule has 10 heteroatoms. The lowest BCUT2D eigenvalue weighted by Crippen LogP contribution is -2.18. The Bertz CT molecular complexity index is 1630. The second kappa shape index (κ2) is 14.1. The van der Waals surface area contributed by atoms with Crippen LogP contribution in [-0.2, 0) is 10.0 Å². The summed E-state index contributed by atoms with van der Waals surface area (Å²) in [5, 5.41) is 3.96. The molecule has 1 amide bonds. The minimum Gasteiger partial charge on any atom is -0.494 e. The molecule has 0 heterocycles. The number of nitrogens with one attached hydrogen (secondary N) is 2. The van der Waals surface area contributed by atoms with E-state index in [0.717, 1.165) is 18.4 Å². The first-order chi connectivity index (χ1) is 20.2. The number of carbonyl (C=O) groups is 2. The molecule has 0 spiro atoms. The van der Waals surface area contributed by atoms with E-state index in [1.54, 1.807) is 60.7 Å². The van der Waals surface area contributed by atoms with Crippen molar-refractivity contribution in [1.29, 1.82) is 0 Å². The number of hydrogen-bond acceptors (Lipinski definition) is 7. The Morgan fingerprint density at radius 1 is 0.810 bits per heavy atom. The fraction of sp³-hybridized carbons (Fsp3) is 0.156. The number of anilines is 1. The topological polar surface area (TPSA) is 123 Å². The molecule has 4 aromatic rings. The molecule has 0 bridgehead atoms. The number of sulfonamides is 1. The van der Waals surface area contributed by atoms with Crippen LogP contribution in [0.3, 0.4) is 0 Å². The van der Waals surface area contributed by atoms with Crippen LogP contribution in [0.4, 0.5) is 5.69 Å². The fourth-order valence-electron chi connectivity index (χ4n) is 3.66. The summed E-state index contributed by atoms with van der Waals surface area (Å²) in [5.41, 5.74) is 5.09. The quantitative estimate of drug-likeness (QED) is 0.0696. The third kappa shape index (κ3) is 8.52. The van der Waals surface area contributed by atoms with Gasteiger partial charge in [0, 0.05) is 11.3 Å². The molecule has 0 atom stereocenters. The largest absolute Gasteiger partial charge is 0.494 e. The van der Waals surface area contributed by atoms with Crippen LogP contribution in [0.2, 0.25) is 0 Å². The Balaban J connectivity index is 1.26. The molecule has 0 aliphatic carbocycles. The fourth-order valence-corrected chi connectivity index (χ4v) is 4.72. The molecular weight excluding hydrogens is 554 g/mol. The molecule has 9 nitrogen and oxygen atoms in total. The Kier molecular flexibility index (Phi) is 10.1. The molecule has 4 rings (SSSR count). The molecule has 0 radical (unpaired) electrons. The summed E-state index contributed by atoms with van der Waals surface area (Å²) in [6.45, 7) is 4.60. The van der Waals surface area contributed by atoms with Crippen LogP contribution < -0.4 is 19.6 Å². The van der Waals surface area contributed by atoms with E-state index in [2.05, 4.69) is 22.2 Å². The van der Waals surface area contributed by atoms with Crippen molar-refractivity contribution in [2.75, 3.05) is 11.3 Å². The van der Waals surface area contributed by atoms with Gasteiger partial charge in [-0.15, -0.1) is 0 Å². The van der Waals surface area contributed by atoms with Crippen molar-refractivity contribution in [3.05, 3.63) is 119 Å².